The van der Waals surface area contributed by atoms with E-state index in [-0.39, 0.29) is 5.92 Å². The molecule has 2 aliphatic heterocycles. The van der Waals surface area contributed by atoms with Crippen LogP contribution in [0.15, 0.2) is 42.9 Å². The third-order valence-electron chi connectivity index (χ3n) is 5.82. The molecule has 2 saturated heterocycles. The Kier molecular flexibility index (Phi) is 5.86. The van der Waals surface area contributed by atoms with Gasteiger partial charge in [-0.1, -0.05) is 29.8 Å². The van der Waals surface area contributed by atoms with Crippen molar-refractivity contribution < 1.29 is 4.79 Å². The van der Waals surface area contributed by atoms with Crippen molar-refractivity contribution in [1.29, 1.82) is 0 Å². The van der Waals surface area contributed by atoms with Crippen molar-refractivity contribution in [2.45, 2.75) is 26.3 Å². The van der Waals surface area contributed by atoms with Crippen LogP contribution in [0.4, 0.5) is 5.82 Å². The van der Waals surface area contributed by atoms with Crippen LogP contribution < -0.4 is 4.90 Å². The molecule has 6 nitrogen and oxygen atoms in total. The van der Waals surface area contributed by atoms with Crippen LogP contribution >= 0.6 is 0 Å². The van der Waals surface area contributed by atoms with Gasteiger partial charge in [-0.15, -0.1) is 0 Å². The summed E-state index contributed by atoms with van der Waals surface area (Å²) in [6, 6.07) is 8.69. The first-order chi connectivity index (χ1) is 13.7. The van der Waals surface area contributed by atoms with Gasteiger partial charge in [0.25, 0.3) is 0 Å². The zero-order chi connectivity index (χ0) is 19.3. The van der Waals surface area contributed by atoms with E-state index < -0.39 is 0 Å². The van der Waals surface area contributed by atoms with Crippen molar-refractivity contribution in [3.63, 3.8) is 0 Å². The predicted octanol–water partition coefficient (Wildman–Crippen LogP) is 2.35. The Morgan fingerprint density at radius 2 is 2.00 bits per heavy atom. The molecule has 3 heterocycles. The molecule has 0 saturated carbocycles. The molecule has 1 atom stereocenters. The maximum atomic E-state index is 13.1. The molecular formula is C22H29N5O. The number of rotatable bonds is 4. The molecular weight excluding hydrogens is 350 g/mol. The quantitative estimate of drug-likeness (QED) is 0.816. The summed E-state index contributed by atoms with van der Waals surface area (Å²) in [6.07, 6.45) is 7.19. The second-order valence-corrected chi connectivity index (χ2v) is 7.94. The third kappa shape index (κ3) is 4.50. The fourth-order valence-electron chi connectivity index (χ4n) is 4.29. The first kappa shape index (κ1) is 18.9. The molecule has 148 valence electrons. The van der Waals surface area contributed by atoms with Crippen molar-refractivity contribution in [1.82, 2.24) is 19.8 Å². The number of benzene rings is 1. The number of piperazine rings is 1. The maximum absolute atomic E-state index is 13.1. The Labute approximate surface area is 167 Å². The molecule has 0 N–H and O–H groups in total. The van der Waals surface area contributed by atoms with Gasteiger partial charge >= 0.3 is 0 Å². The zero-order valence-corrected chi connectivity index (χ0v) is 16.6. The summed E-state index contributed by atoms with van der Waals surface area (Å²) in [7, 11) is 0. The number of hydrogen-bond acceptors (Lipinski definition) is 5. The molecule has 1 aromatic carbocycles. The first-order valence-corrected chi connectivity index (χ1v) is 10.3. The molecule has 1 aromatic heterocycles. The number of carbonyl (C=O) groups is 1. The van der Waals surface area contributed by atoms with Crippen LogP contribution in [0.1, 0.15) is 24.0 Å². The number of nitrogens with zero attached hydrogens (tertiary/aromatic N) is 5. The van der Waals surface area contributed by atoms with Crippen molar-refractivity contribution in [2.75, 3.05) is 44.2 Å². The normalized spacial score (nSPS) is 21.0. The van der Waals surface area contributed by atoms with Crippen LogP contribution in [0, 0.1) is 12.8 Å². The molecule has 2 fully saturated rings. The standard InChI is InChI=1S/C22H29N5O/c1-18-4-2-5-19(14-18)16-25-10-12-26(13-11-25)22(28)20-6-3-9-27(17-20)21-15-23-7-8-24-21/h2,4-5,7-8,14-15,20H,3,6,9-13,16-17H2,1H3. The van der Waals surface area contributed by atoms with E-state index in [1.807, 2.05) is 0 Å². The average Bonchev–Trinajstić information content (AvgIpc) is 2.75. The molecule has 0 aliphatic carbocycles. The highest BCUT2D eigenvalue weighted by Gasteiger charge is 2.31. The van der Waals surface area contributed by atoms with E-state index in [9.17, 15) is 4.79 Å². The van der Waals surface area contributed by atoms with Crippen molar-refractivity contribution in [3.05, 3.63) is 54.0 Å². The Morgan fingerprint density at radius 1 is 1.14 bits per heavy atom. The van der Waals surface area contributed by atoms with Gasteiger partial charge in [-0.25, -0.2) is 4.98 Å². The van der Waals surface area contributed by atoms with E-state index in [1.165, 1.54) is 11.1 Å². The molecule has 28 heavy (non-hydrogen) atoms. The highest BCUT2D eigenvalue weighted by Crippen LogP contribution is 2.23. The minimum absolute atomic E-state index is 0.0686. The van der Waals surface area contributed by atoms with Crippen LogP contribution in [0.5, 0.6) is 0 Å². The number of piperidine rings is 1. The lowest BCUT2D eigenvalue weighted by Gasteiger charge is -2.39. The van der Waals surface area contributed by atoms with Crippen LogP contribution in [0.3, 0.4) is 0 Å². The van der Waals surface area contributed by atoms with Gasteiger partial charge in [0.2, 0.25) is 5.91 Å². The fraction of sp³-hybridized carbons (Fsp3) is 0.500. The SMILES string of the molecule is Cc1cccc(CN2CCN(C(=O)C3CCCN(c4cnccn4)C3)CC2)c1. The van der Waals surface area contributed by atoms with Crippen LogP contribution in [0.25, 0.3) is 0 Å². The van der Waals surface area contributed by atoms with Crippen molar-refractivity contribution in [2.24, 2.45) is 5.92 Å². The molecule has 0 bridgehead atoms. The summed E-state index contributed by atoms with van der Waals surface area (Å²) in [5.74, 6) is 1.26. The summed E-state index contributed by atoms with van der Waals surface area (Å²) in [4.78, 5) is 28.4. The van der Waals surface area contributed by atoms with Gasteiger partial charge in [-0.05, 0) is 25.3 Å². The number of amides is 1. The van der Waals surface area contributed by atoms with Gasteiger partial charge < -0.3 is 9.80 Å². The van der Waals surface area contributed by atoms with Gasteiger partial charge in [0.1, 0.15) is 5.82 Å². The maximum Gasteiger partial charge on any atom is 0.227 e. The second kappa shape index (κ2) is 8.69. The average molecular weight is 380 g/mol. The Morgan fingerprint density at radius 3 is 2.75 bits per heavy atom. The largest absolute Gasteiger partial charge is 0.355 e. The molecule has 2 aromatic rings. The Balaban J connectivity index is 1.30. The van der Waals surface area contributed by atoms with E-state index >= 15 is 0 Å². The number of aryl methyl sites for hydroxylation is 1. The summed E-state index contributed by atoms with van der Waals surface area (Å²) >= 11 is 0. The summed E-state index contributed by atoms with van der Waals surface area (Å²) in [5, 5.41) is 0. The second-order valence-electron chi connectivity index (χ2n) is 7.94. The Hall–Kier alpha value is -2.47. The predicted molar refractivity (Wildman–Crippen MR) is 110 cm³/mol. The molecule has 1 unspecified atom stereocenters. The van der Waals surface area contributed by atoms with E-state index in [0.717, 1.165) is 64.5 Å². The smallest absolute Gasteiger partial charge is 0.227 e. The summed E-state index contributed by atoms with van der Waals surface area (Å²) in [5.41, 5.74) is 2.66. The molecule has 0 radical (unpaired) electrons. The fourth-order valence-corrected chi connectivity index (χ4v) is 4.29. The van der Waals surface area contributed by atoms with Crippen molar-refractivity contribution in [3.8, 4) is 0 Å². The lowest BCUT2D eigenvalue weighted by atomic mass is 9.96. The number of hydrogen-bond donors (Lipinski definition) is 0. The first-order valence-electron chi connectivity index (χ1n) is 10.3. The third-order valence-corrected chi connectivity index (χ3v) is 5.82. The minimum Gasteiger partial charge on any atom is -0.355 e. The number of carbonyl (C=O) groups excluding carboxylic acids is 1. The molecule has 1 amide bonds. The molecule has 0 spiro atoms. The lowest BCUT2D eigenvalue weighted by Crippen LogP contribution is -2.52. The van der Waals surface area contributed by atoms with E-state index in [4.69, 9.17) is 0 Å². The number of anilines is 1. The minimum atomic E-state index is 0.0686. The Bertz CT molecular complexity index is 789. The van der Waals surface area contributed by atoms with Crippen LogP contribution in [-0.4, -0.2) is 64.9 Å². The summed E-state index contributed by atoms with van der Waals surface area (Å²) < 4.78 is 0. The van der Waals surface area contributed by atoms with E-state index in [1.54, 1.807) is 18.6 Å². The van der Waals surface area contributed by atoms with Crippen LogP contribution in [0.2, 0.25) is 0 Å². The molecule has 4 rings (SSSR count). The highest BCUT2D eigenvalue weighted by atomic mass is 16.2. The van der Waals surface area contributed by atoms with Gasteiger partial charge in [-0.3, -0.25) is 14.7 Å². The van der Waals surface area contributed by atoms with Gasteiger partial charge in [-0.2, -0.15) is 0 Å². The molecule has 2 aliphatic rings. The van der Waals surface area contributed by atoms with Crippen LogP contribution in [-0.2, 0) is 11.3 Å². The highest BCUT2D eigenvalue weighted by molar-refractivity contribution is 5.80. The number of aromatic nitrogens is 2. The van der Waals surface area contributed by atoms with Crippen molar-refractivity contribution >= 4 is 11.7 Å². The van der Waals surface area contributed by atoms with Gasteiger partial charge in [0.05, 0.1) is 12.1 Å². The zero-order valence-electron chi connectivity index (χ0n) is 16.6. The van der Waals surface area contributed by atoms with Gasteiger partial charge in [0.15, 0.2) is 0 Å². The summed E-state index contributed by atoms with van der Waals surface area (Å²) in [6.45, 7) is 8.34. The lowest BCUT2D eigenvalue weighted by molar-refractivity contribution is -0.137. The van der Waals surface area contributed by atoms with Gasteiger partial charge in [0, 0.05) is 58.2 Å². The monoisotopic (exact) mass is 379 g/mol. The molecule has 6 heteroatoms. The topological polar surface area (TPSA) is 52.6 Å². The van der Waals surface area contributed by atoms with E-state index in [2.05, 4.69) is 55.9 Å². The van der Waals surface area contributed by atoms with E-state index in [0.29, 0.717) is 5.91 Å².